The molecule has 0 atom stereocenters. The molecule has 0 aliphatic carbocycles. The second-order valence-electron chi connectivity index (χ2n) is 18.8. The summed E-state index contributed by atoms with van der Waals surface area (Å²) in [6, 6.07) is 0. The minimum Gasteiger partial charge on any atom is -0.379 e. The summed E-state index contributed by atoms with van der Waals surface area (Å²) in [6.45, 7) is 26.9. The molecule has 0 aromatic heterocycles. The molecule has 0 saturated carbocycles. The second-order valence-corrected chi connectivity index (χ2v) is 18.8. The average molecular weight is 1240 g/mol. The monoisotopic (exact) mass is 1240 g/mol. The van der Waals surface area contributed by atoms with Crippen molar-refractivity contribution in [3.63, 3.8) is 0 Å². The molecule has 0 spiro atoms. The minimum atomic E-state index is -4.13. The largest absolute Gasteiger partial charge is 0.379 e. The summed E-state index contributed by atoms with van der Waals surface area (Å²) >= 11 is 0. The molecule has 0 aliphatic heterocycles. The van der Waals surface area contributed by atoms with E-state index in [1.54, 1.807) is 0 Å². The van der Waals surface area contributed by atoms with Gasteiger partial charge in [-0.1, -0.05) is 34.6 Å². The summed E-state index contributed by atoms with van der Waals surface area (Å²) in [5, 5.41) is 0. The van der Waals surface area contributed by atoms with Crippen molar-refractivity contribution in [1.82, 2.24) is 9.80 Å². The zero-order valence-electron chi connectivity index (χ0n) is 50.8. The standard InChI is InChI=1S/C42H83F4NO15.C13H23F6NO/c1-4-41(43,44)40-42(45,46)8-7-10-48-12-14-50-16-18-52-20-22-54-24-26-56-28-30-58-32-34-60-36-38-62-39-37-61-35-33-59-31-29-57-27-25-55-23-21-53-19-17-51-15-13-49-11-9-47(5-2)6-3;1-4-20(5-2)6-7-21-10-13(18,19)9-12(16,17)8-11(3,14)15/h4-40H2,1-3H3;4-10H2,1-3H3. The van der Waals surface area contributed by atoms with Crippen molar-refractivity contribution in [3.05, 3.63) is 0 Å². The maximum Gasteiger partial charge on any atom is 0.276 e. The molecule has 0 unspecified atom stereocenters. The molecule has 0 aliphatic rings. The number of halogens is 10. The molecule has 0 fully saturated rings. The van der Waals surface area contributed by atoms with Crippen molar-refractivity contribution in [2.24, 2.45) is 0 Å². The van der Waals surface area contributed by atoms with Gasteiger partial charge in [-0.3, -0.25) is 0 Å². The van der Waals surface area contributed by atoms with E-state index < -0.39 is 68.3 Å². The lowest BCUT2D eigenvalue weighted by Gasteiger charge is -2.25. The van der Waals surface area contributed by atoms with Crippen LogP contribution in [0.5, 0.6) is 0 Å². The fraction of sp³-hybridized carbons (Fsp3) is 1.00. The summed E-state index contributed by atoms with van der Waals surface area (Å²) < 4.78 is 218. The lowest BCUT2D eigenvalue weighted by atomic mass is 10.0. The molecule has 0 heterocycles. The van der Waals surface area contributed by atoms with E-state index in [-0.39, 0.29) is 39.8 Å². The van der Waals surface area contributed by atoms with Gasteiger partial charge in [0.2, 0.25) is 0 Å². The van der Waals surface area contributed by atoms with Gasteiger partial charge in [0.25, 0.3) is 29.6 Å². The van der Waals surface area contributed by atoms with Gasteiger partial charge in [-0.2, -0.15) is 0 Å². The number of hydrogen-bond acceptors (Lipinski definition) is 18. The summed E-state index contributed by atoms with van der Waals surface area (Å²) in [5.41, 5.74) is 0. The molecule has 0 aromatic carbocycles. The molecular formula is C55H106F10N2O16. The first-order valence-corrected chi connectivity index (χ1v) is 29.2. The molecule has 0 radical (unpaired) electrons. The van der Waals surface area contributed by atoms with E-state index in [4.69, 9.17) is 75.8 Å². The Bertz CT molecular complexity index is 1340. The predicted octanol–water partition coefficient (Wildman–Crippen LogP) is 8.48. The molecule has 0 N–H and O–H groups in total. The maximum absolute atomic E-state index is 13.6. The quantitative estimate of drug-likeness (QED) is 0.0422. The van der Waals surface area contributed by atoms with Crippen molar-refractivity contribution in [1.29, 1.82) is 0 Å². The Labute approximate surface area is 488 Å². The van der Waals surface area contributed by atoms with E-state index in [9.17, 15) is 43.9 Å². The summed E-state index contributed by atoms with van der Waals surface area (Å²) in [6.07, 6.45) is -6.48. The highest BCUT2D eigenvalue weighted by molar-refractivity contribution is 4.81. The van der Waals surface area contributed by atoms with Crippen molar-refractivity contribution in [2.45, 2.75) is 110 Å². The smallest absolute Gasteiger partial charge is 0.276 e. The summed E-state index contributed by atoms with van der Waals surface area (Å²) in [5.74, 6) is -18.4. The Balaban J connectivity index is 0. The second kappa shape index (κ2) is 57.0. The van der Waals surface area contributed by atoms with Gasteiger partial charge in [0.05, 0.1) is 217 Å². The molecule has 0 aromatic rings. The minimum absolute atomic E-state index is 0.00214. The van der Waals surface area contributed by atoms with Gasteiger partial charge >= 0.3 is 0 Å². The number of nitrogens with zero attached hydrogens (tertiary/aromatic N) is 2. The van der Waals surface area contributed by atoms with Gasteiger partial charge in [-0.25, -0.2) is 43.9 Å². The van der Waals surface area contributed by atoms with Crippen LogP contribution in [0.15, 0.2) is 0 Å². The molecule has 18 nitrogen and oxygen atoms in total. The van der Waals surface area contributed by atoms with Crippen molar-refractivity contribution in [2.75, 3.05) is 251 Å². The van der Waals surface area contributed by atoms with Gasteiger partial charge < -0.3 is 85.6 Å². The zero-order valence-corrected chi connectivity index (χ0v) is 50.8. The highest BCUT2D eigenvalue weighted by Gasteiger charge is 2.48. The van der Waals surface area contributed by atoms with Crippen LogP contribution in [0.4, 0.5) is 43.9 Å². The van der Waals surface area contributed by atoms with E-state index in [1.807, 2.05) is 18.7 Å². The molecule has 0 amide bonds. The fourth-order valence-corrected chi connectivity index (χ4v) is 6.84. The predicted molar refractivity (Wildman–Crippen MR) is 292 cm³/mol. The van der Waals surface area contributed by atoms with Gasteiger partial charge in [0.15, 0.2) is 0 Å². The first-order valence-electron chi connectivity index (χ1n) is 29.2. The number of ether oxygens (including phenoxy) is 16. The van der Waals surface area contributed by atoms with E-state index in [0.29, 0.717) is 178 Å². The molecule has 0 rings (SSSR count). The van der Waals surface area contributed by atoms with Crippen molar-refractivity contribution in [3.8, 4) is 0 Å². The van der Waals surface area contributed by atoms with E-state index in [1.165, 1.54) is 6.92 Å². The number of hydrogen-bond donors (Lipinski definition) is 0. The third kappa shape index (κ3) is 64.9. The first kappa shape index (κ1) is 83.6. The van der Waals surface area contributed by atoms with Gasteiger partial charge in [0.1, 0.15) is 6.61 Å². The Morgan fingerprint density at radius 1 is 0.253 bits per heavy atom. The molecule has 502 valence electrons. The number of rotatable bonds is 65. The number of likely N-dealkylation sites (N-methyl/N-ethyl adjacent to an activating group) is 2. The zero-order chi connectivity index (χ0) is 62.1. The number of alkyl halides is 10. The van der Waals surface area contributed by atoms with Crippen molar-refractivity contribution >= 4 is 0 Å². The first-order chi connectivity index (χ1) is 39.7. The maximum atomic E-state index is 13.6. The van der Waals surface area contributed by atoms with Crippen LogP contribution < -0.4 is 0 Å². The molecule has 0 bridgehead atoms. The van der Waals surface area contributed by atoms with Crippen LogP contribution in [-0.4, -0.2) is 290 Å². The summed E-state index contributed by atoms with van der Waals surface area (Å²) in [7, 11) is 0. The highest BCUT2D eigenvalue weighted by atomic mass is 19.3. The third-order valence-electron chi connectivity index (χ3n) is 11.4. The highest BCUT2D eigenvalue weighted by Crippen LogP contribution is 2.38. The third-order valence-corrected chi connectivity index (χ3v) is 11.4. The molecule has 0 saturated heterocycles. The van der Waals surface area contributed by atoms with Gasteiger partial charge in [0, 0.05) is 32.5 Å². The topological polar surface area (TPSA) is 154 Å². The SMILES string of the molecule is CCN(CC)CCOCC(F)(F)CC(F)(F)CC(C)(F)F.CCN(CC)CCOCCOCCOCCOCCOCCOCCOCCOCCOCCOCCOCCOCCOCCOCCOCCCC(F)(F)CC(F)(F)CC. The van der Waals surface area contributed by atoms with Crippen molar-refractivity contribution < 1.29 is 120 Å². The van der Waals surface area contributed by atoms with Crippen LogP contribution in [0.2, 0.25) is 0 Å². The van der Waals surface area contributed by atoms with Gasteiger partial charge in [-0.05, 0) is 39.5 Å². The lowest BCUT2D eigenvalue weighted by Crippen LogP contribution is -2.37. The Morgan fingerprint density at radius 2 is 0.482 bits per heavy atom. The molecule has 28 heteroatoms. The van der Waals surface area contributed by atoms with Crippen LogP contribution in [0.25, 0.3) is 0 Å². The Hall–Kier alpha value is -1.42. The van der Waals surface area contributed by atoms with Crippen LogP contribution in [0.1, 0.15) is 80.1 Å². The van der Waals surface area contributed by atoms with E-state index in [0.717, 1.165) is 39.3 Å². The van der Waals surface area contributed by atoms with Crippen LogP contribution in [0, 0.1) is 0 Å². The Morgan fingerprint density at radius 3 is 0.723 bits per heavy atom. The van der Waals surface area contributed by atoms with E-state index in [2.05, 4.69) is 18.7 Å². The summed E-state index contributed by atoms with van der Waals surface area (Å²) in [4.78, 5) is 4.25. The van der Waals surface area contributed by atoms with Gasteiger partial charge in [-0.15, -0.1) is 0 Å². The normalized spacial score (nSPS) is 12.8. The molecule has 83 heavy (non-hydrogen) atoms. The average Bonchev–Trinajstić information content (AvgIpc) is 3.48. The van der Waals surface area contributed by atoms with E-state index >= 15 is 0 Å². The molecular weight excluding hydrogens is 1130 g/mol. The van der Waals surface area contributed by atoms with Crippen LogP contribution in [0.3, 0.4) is 0 Å². The Kier molecular flexibility index (Phi) is 57.5. The lowest BCUT2D eigenvalue weighted by molar-refractivity contribution is -0.169. The van der Waals surface area contributed by atoms with Crippen LogP contribution >= 0.6 is 0 Å². The fourth-order valence-electron chi connectivity index (χ4n) is 6.84. The van der Waals surface area contributed by atoms with Crippen LogP contribution in [-0.2, 0) is 75.8 Å².